The first-order valence-corrected chi connectivity index (χ1v) is 9.86. The van der Waals surface area contributed by atoms with E-state index in [-0.39, 0.29) is 17.7 Å². The molecule has 4 rings (SSSR count). The van der Waals surface area contributed by atoms with E-state index < -0.39 is 0 Å². The van der Waals surface area contributed by atoms with Crippen LogP contribution in [-0.2, 0) is 11.3 Å². The molecule has 0 N–H and O–H groups in total. The van der Waals surface area contributed by atoms with Gasteiger partial charge >= 0.3 is 0 Å². The number of hydrogen-bond donors (Lipinski definition) is 0. The predicted octanol–water partition coefficient (Wildman–Crippen LogP) is 6.14. The van der Waals surface area contributed by atoms with Gasteiger partial charge < -0.3 is 4.42 Å². The van der Waals surface area contributed by atoms with Crippen LogP contribution in [0.2, 0.25) is 5.02 Å². The fourth-order valence-electron chi connectivity index (χ4n) is 2.87. The van der Waals surface area contributed by atoms with Gasteiger partial charge in [-0.05, 0) is 48.5 Å². The number of halogens is 1. The van der Waals surface area contributed by atoms with Crippen molar-refractivity contribution in [2.24, 2.45) is 0 Å². The summed E-state index contributed by atoms with van der Waals surface area (Å²) < 4.78 is 5.81. The van der Waals surface area contributed by atoms with Gasteiger partial charge in [0.05, 0.1) is 11.4 Å². The van der Waals surface area contributed by atoms with E-state index in [1.54, 1.807) is 24.3 Å². The Kier molecular flexibility index (Phi) is 5.11. The lowest BCUT2D eigenvalue weighted by molar-refractivity contribution is -0.123. The summed E-state index contributed by atoms with van der Waals surface area (Å²) in [5.41, 5.74) is 2.89. The molecule has 2 heterocycles. The monoisotopic (exact) mass is 409 g/mol. The number of furan rings is 1. The molecular formula is C22H16ClNO3S. The highest BCUT2D eigenvalue weighted by Crippen LogP contribution is 2.34. The van der Waals surface area contributed by atoms with E-state index in [0.717, 1.165) is 28.5 Å². The predicted molar refractivity (Wildman–Crippen MR) is 112 cm³/mol. The third-order valence-corrected chi connectivity index (χ3v) is 5.49. The minimum Gasteiger partial charge on any atom is -0.457 e. The molecule has 1 aromatic heterocycles. The van der Waals surface area contributed by atoms with Gasteiger partial charge in [0.2, 0.25) is 0 Å². The lowest BCUT2D eigenvalue weighted by Crippen LogP contribution is -2.27. The van der Waals surface area contributed by atoms with Crippen LogP contribution in [0, 0.1) is 6.92 Å². The van der Waals surface area contributed by atoms with Gasteiger partial charge in [0.1, 0.15) is 11.5 Å². The smallest absolute Gasteiger partial charge is 0.293 e. The normalized spacial score (nSPS) is 15.6. The quantitative estimate of drug-likeness (QED) is 0.485. The van der Waals surface area contributed by atoms with Gasteiger partial charge in [0.15, 0.2) is 0 Å². The Hall–Kier alpha value is -2.76. The van der Waals surface area contributed by atoms with Crippen molar-refractivity contribution in [1.82, 2.24) is 4.90 Å². The van der Waals surface area contributed by atoms with Crippen LogP contribution in [0.15, 0.2) is 70.0 Å². The van der Waals surface area contributed by atoms with E-state index >= 15 is 0 Å². The minimum atomic E-state index is -0.309. The standard InChI is InChI=1S/C22H16ClNO3S/c1-14-5-7-15(8-6-14)13-24-21(25)20(28-22(24)26)12-18-9-10-19(27-18)16-3-2-4-17(23)11-16/h2-12H,13H2,1H3/b20-12-. The zero-order chi connectivity index (χ0) is 19.7. The maximum atomic E-state index is 12.7. The van der Waals surface area contributed by atoms with Gasteiger partial charge in [-0.25, -0.2) is 0 Å². The van der Waals surface area contributed by atoms with E-state index in [1.807, 2.05) is 49.4 Å². The highest BCUT2D eigenvalue weighted by Gasteiger charge is 2.35. The largest absolute Gasteiger partial charge is 0.457 e. The molecular weight excluding hydrogens is 394 g/mol. The summed E-state index contributed by atoms with van der Waals surface area (Å²) in [4.78, 5) is 26.6. The number of nitrogens with zero attached hydrogens (tertiary/aromatic N) is 1. The molecule has 6 heteroatoms. The first-order chi connectivity index (χ1) is 13.5. The maximum Gasteiger partial charge on any atom is 0.293 e. The summed E-state index contributed by atoms with van der Waals surface area (Å²) in [6.07, 6.45) is 1.61. The molecule has 4 nitrogen and oxygen atoms in total. The van der Waals surface area contributed by atoms with Crippen molar-refractivity contribution in [3.05, 3.63) is 87.5 Å². The molecule has 0 saturated carbocycles. The Morgan fingerprint density at radius 2 is 1.86 bits per heavy atom. The Bertz CT molecular complexity index is 1090. The zero-order valence-corrected chi connectivity index (χ0v) is 16.6. The van der Waals surface area contributed by atoms with Crippen molar-refractivity contribution in [2.45, 2.75) is 13.5 Å². The van der Waals surface area contributed by atoms with Crippen molar-refractivity contribution in [3.63, 3.8) is 0 Å². The van der Waals surface area contributed by atoms with Gasteiger partial charge in [-0.3, -0.25) is 14.5 Å². The molecule has 1 aliphatic rings. The van der Waals surface area contributed by atoms with Crippen LogP contribution < -0.4 is 0 Å². The molecule has 0 bridgehead atoms. The number of benzene rings is 2. The fourth-order valence-corrected chi connectivity index (χ4v) is 3.88. The van der Waals surface area contributed by atoms with Crippen molar-refractivity contribution >= 4 is 40.6 Å². The first kappa shape index (κ1) is 18.6. The summed E-state index contributed by atoms with van der Waals surface area (Å²) in [5, 5.41) is 0.339. The number of hydrogen-bond acceptors (Lipinski definition) is 4. The maximum absolute atomic E-state index is 12.7. The van der Waals surface area contributed by atoms with Gasteiger partial charge in [-0.15, -0.1) is 0 Å². The van der Waals surface area contributed by atoms with Crippen LogP contribution >= 0.6 is 23.4 Å². The number of imide groups is 1. The molecule has 0 atom stereocenters. The third kappa shape index (κ3) is 3.91. The third-order valence-electron chi connectivity index (χ3n) is 4.34. The molecule has 1 saturated heterocycles. The van der Waals surface area contributed by atoms with E-state index in [1.165, 1.54) is 4.90 Å². The Morgan fingerprint density at radius 3 is 2.61 bits per heavy atom. The van der Waals surface area contributed by atoms with Gasteiger partial charge in [0.25, 0.3) is 11.1 Å². The molecule has 1 fully saturated rings. The summed E-state index contributed by atoms with van der Waals surface area (Å²) in [6, 6.07) is 18.7. The average molecular weight is 410 g/mol. The summed E-state index contributed by atoms with van der Waals surface area (Å²) >= 11 is 6.94. The number of carbonyl (C=O) groups excluding carboxylic acids is 2. The number of rotatable bonds is 4. The highest BCUT2D eigenvalue weighted by atomic mass is 35.5. The molecule has 0 spiro atoms. The molecule has 0 unspecified atom stereocenters. The van der Waals surface area contributed by atoms with Gasteiger partial charge in [0, 0.05) is 16.7 Å². The van der Waals surface area contributed by atoms with Crippen molar-refractivity contribution < 1.29 is 14.0 Å². The average Bonchev–Trinajstić information content (AvgIpc) is 3.24. The van der Waals surface area contributed by atoms with Gasteiger partial charge in [-0.2, -0.15) is 0 Å². The van der Waals surface area contributed by atoms with Crippen LogP contribution in [0.3, 0.4) is 0 Å². The fraction of sp³-hybridized carbons (Fsp3) is 0.0909. The van der Waals surface area contributed by atoms with Crippen LogP contribution in [-0.4, -0.2) is 16.0 Å². The van der Waals surface area contributed by atoms with E-state index in [0.29, 0.717) is 21.4 Å². The molecule has 140 valence electrons. The van der Waals surface area contributed by atoms with Crippen molar-refractivity contribution in [2.75, 3.05) is 0 Å². The minimum absolute atomic E-state index is 0.258. The Morgan fingerprint density at radius 1 is 1.07 bits per heavy atom. The van der Waals surface area contributed by atoms with Gasteiger partial charge in [-0.1, -0.05) is 53.6 Å². The molecule has 2 amide bonds. The second kappa shape index (κ2) is 7.70. The topological polar surface area (TPSA) is 50.5 Å². The SMILES string of the molecule is Cc1ccc(CN2C(=O)S/C(=C\c3ccc(-c4cccc(Cl)c4)o3)C2=O)cc1. The molecule has 1 aliphatic heterocycles. The summed E-state index contributed by atoms with van der Waals surface area (Å²) in [6.45, 7) is 2.25. The molecule has 0 radical (unpaired) electrons. The first-order valence-electron chi connectivity index (χ1n) is 8.66. The zero-order valence-electron chi connectivity index (χ0n) is 15.0. The number of aryl methyl sites for hydroxylation is 1. The number of thioether (sulfide) groups is 1. The number of carbonyl (C=O) groups is 2. The Balaban J connectivity index is 1.53. The van der Waals surface area contributed by atoms with E-state index in [2.05, 4.69) is 0 Å². The van der Waals surface area contributed by atoms with Crippen molar-refractivity contribution in [1.29, 1.82) is 0 Å². The van der Waals surface area contributed by atoms with E-state index in [9.17, 15) is 9.59 Å². The van der Waals surface area contributed by atoms with Crippen LogP contribution in [0.1, 0.15) is 16.9 Å². The molecule has 28 heavy (non-hydrogen) atoms. The highest BCUT2D eigenvalue weighted by molar-refractivity contribution is 8.18. The molecule has 0 aliphatic carbocycles. The second-order valence-electron chi connectivity index (χ2n) is 6.47. The number of amides is 2. The van der Waals surface area contributed by atoms with Crippen LogP contribution in [0.5, 0.6) is 0 Å². The van der Waals surface area contributed by atoms with Crippen LogP contribution in [0.25, 0.3) is 17.4 Å². The summed E-state index contributed by atoms with van der Waals surface area (Å²) in [7, 11) is 0. The molecule has 3 aromatic rings. The van der Waals surface area contributed by atoms with E-state index in [4.69, 9.17) is 16.0 Å². The Labute approximate surface area is 171 Å². The summed E-state index contributed by atoms with van der Waals surface area (Å²) in [5.74, 6) is 0.847. The molecule has 2 aromatic carbocycles. The lowest BCUT2D eigenvalue weighted by Gasteiger charge is -2.12. The second-order valence-corrected chi connectivity index (χ2v) is 7.90. The van der Waals surface area contributed by atoms with Crippen LogP contribution in [0.4, 0.5) is 4.79 Å². The lowest BCUT2D eigenvalue weighted by atomic mass is 10.1. The van der Waals surface area contributed by atoms with Crippen molar-refractivity contribution in [3.8, 4) is 11.3 Å².